The van der Waals surface area contributed by atoms with Crippen molar-refractivity contribution in [2.45, 2.75) is 30.7 Å². The standard InChI is InChI=1S/C15H20N2O2S/c1-11-14(4-8-19-11)20-9-5-15(18)16-13-10-17-6-2-12(13)3-7-17/h4-5,8-9,12-13H,2-3,6-7,10H2,1H3,(H,16,18)/t13-/m0/s1. The number of hydrogen-bond acceptors (Lipinski definition) is 4. The number of hydrogen-bond donors (Lipinski definition) is 1. The van der Waals surface area contributed by atoms with Gasteiger partial charge >= 0.3 is 0 Å². The highest BCUT2D eigenvalue weighted by molar-refractivity contribution is 8.02. The van der Waals surface area contributed by atoms with Crippen molar-refractivity contribution >= 4 is 17.7 Å². The molecule has 4 heterocycles. The highest BCUT2D eigenvalue weighted by atomic mass is 32.2. The summed E-state index contributed by atoms with van der Waals surface area (Å²) in [6.45, 7) is 5.33. The first-order valence-electron chi connectivity index (χ1n) is 7.12. The molecule has 108 valence electrons. The molecular formula is C15H20N2O2S. The lowest BCUT2D eigenvalue weighted by atomic mass is 9.84. The Morgan fingerprint density at radius 3 is 2.90 bits per heavy atom. The van der Waals surface area contributed by atoms with Crippen LogP contribution in [0.4, 0.5) is 0 Å². The number of carbonyl (C=O) groups is 1. The molecule has 0 radical (unpaired) electrons. The predicted octanol–water partition coefficient (Wildman–Crippen LogP) is 2.40. The van der Waals surface area contributed by atoms with Crippen molar-refractivity contribution in [3.8, 4) is 0 Å². The average molecular weight is 292 g/mol. The van der Waals surface area contributed by atoms with Crippen LogP contribution in [0.3, 0.4) is 0 Å². The second-order valence-electron chi connectivity index (χ2n) is 5.51. The second kappa shape index (κ2) is 6.06. The number of furan rings is 1. The van der Waals surface area contributed by atoms with Crippen molar-refractivity contribution in [1.29, 1.82) is 0 Å². The summed E-state index contributed by atoms with van der Waals surface area (Å²) in [6.07, 6.45) is 5.72. The number of thioether (sulfide) groups is 1. The average Bonchev–Trinajstić information content (AvgIpc) is 2.86. The maximum Gasteiger partial charge on any atom is 0.244 e. The molecule has 3 aliphatic rings. The van der Waals surface area contributed by atoms with Gasteiger partial charge in [-0.1, -0.05) is 11.8 Å². The molecule has 3 saturated heterocycles. The van der Waals surface area contributed by atoms with Gasteiger partial charge in [0.15, 0.2) is 0 Å². The van der Waals surface area contributed by atoms with Crippen molar-refractivity contribution in [2.24, 2.45) is 5.92 Å². The van der Waals surface area contributed by atoms with E-state index < -0.39 is 0 Å². The molecule has 1 aromatic heterocycles. The largest absolute Gasteiger partial charge is 0.468 e. The number of fused-ring (bicyclic) bond motifs is 3. The van der Waals surface area contributed by atoms with Crippen LogP contribution in [-0.4, -0.2) is 36.5 Å². The second-order valence-corrected chi connectivity index (χ2v) is 6.46. The normalized spacial score (nSPS) is 28.9. The Morgan fingerprint density at radius 1 is 1.50 bits per heavy atom. The van der Waals surface area contributed by atoms with Crippen LogP contribution in [0.5, 0.6) is 0 Å². The Hall–Kier alpha value is -1.20. The number of amides is 1. The van der Waals surface area contributed by atoms with E-state index in [9.17, 15) is 4.79 Å². The zero-order valence-corrected chi connectivity index (χ0v) is 12.5. The molecule has 1 atom stereocenters. The van der Waals surface area contributed by atoms with Crippen molar-refractivity contribution in [2.75, 3.05) is 19.6 Å². The molecule has 4 nitrogen and oxygen atoms in total. The van der Waals surface area contributed by atoms with Crippen molar-refractivity contribution in [3.05, 3.63) is 29.6 Å². The summed E-state index contributed by atoms with van der Waals surface area (Å²) in [5.41, 5.74) is 0. The molecule has 2 bridgehead atoms. The van der Waals surface area contributed by atoms with Crippen LogP contribution in [0.1, 0.15) is 18.6 Å². The maximum atomic E-state index is 11.9. The Kier molecular flexibility index (Phi) is 4.17. The van der Waals surface area contributed by atoms with E-state index >= 15 is 0 Å². The van der Waals surface area contributed by atoms with Gasteiger partial charge in [-0.3, -0.25) is 4.79 Å². The Labute approximate surface area is 123 Å². The minimum absolute atomic E-state index is 0.0115. The molecule has 3 aliphatic heterocycles. The summed E-state index contributed by atoms with van der Waals surface area (Å²) in [6, 6.07) is 2.24. The highest BCUT2D eigenvalue weighted by Crippen LogP contribution is 2.27. The summed E-state index contributed by atoms with van der Waals surface area (Å²) in [5.74, 6) is 1.57. The summed E-state index contributed by atoms with van der Waals surface area (Å²) < 4.78 is 5.22. The molecule has 1 N–H and O–H groups in total. The molecular weight excluding hydrogens is 272 g/mol. The third-order valence-corrected chi connectivity index (χ3v) is 5.16. The summed E-state index contributed by atoms with van der Waals surface area (Å²) in [5, 5.41) is 4.97. The van der Waals surface area contributed by atoms with E-state index in [1.807, 2.05) is 18.4 Å². The fraction of sp³-hybridized carbons (Fsp3) is 0.533. The van der Waals surface area contributed by atoms with E-state index in [0.29, 0.717) is 12.0 Å². The first kappa shape index (κ1) is 13.8. The molecule has 0 saturated carbocycles. The predicted molar refractivity (Wildman–Crippen MR) is 79.5 cm³/mol. The van der Waals surface area contributed by atoms with Crippen molar-refractivity contribution < 1.29 is 9.21 Å². The van der Waals surface area contributed by atoms with Crippen LogP contribution in [0.2, 0.25) is 0 Å². The van der Waals surface area contributed by atoms with Gasteiger partial charge in [-0.2, -0.15) is 0 Å². The van der Waals surface area contributed by atoms with Gasteiger partial charge < -0.3 is 14.6 Å². The van der Waals surface area contributed by atoms with Crippen LogP contribution in [0.15, 0.2) is 33.1 Å². The first-order chi connectivity index (χ1) is 9.72. The minimum Gasteiger partial charge on any atom is -0.468 e. The quantitative estimate of drug-likeness (QED) is 0.684. The van der Waals surface area contributed by atoms with E-state index in [1.54, 1.807) is 12.3 Å². The molecule has 20 heavy (non-hydrogen) atoms. The summed E-state index contributed by atoms with van der Waals surface area (Å²) in [4.78, 5) is 15.4. The number of rotatable bonds is 4. The van der Waals surface area contributed by atoms with Gasteiger partial charge in [0.05, 0.1) is 11.2 Å². The van der Waals surface area contributed by atoms with Crippen molar-refractivity contribution in [3.63, 3.8) is 0 Å². The van der Waals surface area contributed by atoms with Gasteiger partial charge in [0.1, 0.15) is 5.76 Å². The van der Waals surface area contributed by atoms with Gasteiger partial charge in [-0.25, -0.2) is 0 Å². The van der Waals surface area contributed by atoms with E-state index in [-0.39, 0.29) is 5.91 Å². The van der Waals surface area contributed by atoms with Gasteiger partial charge in [0.25, 0.3) is 0 Å². The molecule has 1 aromatic rings. The van der Waals surface area contributed by atoms with E-state index in [2.05, 4.69) is 10.2 Å². The minimum atomic E-state index is 0.0115. The summed E-state index contributed by atoms with van der Waals surface area (Å²) in [7, 11) is 0. The molecule has 0 aliphatic carbocycles. The fourth-order valence-electron chi connectivity index (χ4n) is 3.02. The third kappa shape index (κ3) is 3.10. The lowest BCUT2D eigenvalue weighted by molar-refractivity contribution is -0.118. The monoisotopic (exact) mass is 292 g/mol. The van der Waals surface area contributed by atoms with Crippen molar-refractivity contribution in [1.82, 2.24) is 10.2 Å². The Bertz CT molecular complexity index is 504. The number of piperidine rings is 3. The lowest BCUT2D eigenvalue weighted by Crippen LogP contribution is -2.57. The molecule has 5 heteroatoms. The first-order valence-corrected chi connectivity index (χ1v) is 8.00. The maximum absolute atomic E-state index is 11.9. The molecule has 1 amide bonds. The SMILES string of the molecule is Cc1occc1SC=CC(=O)N[C@H]1CN2CCC1CC2. The molecule has 3 fully saturated rings. The smallest absolute Gasteiger partial charge is 0.244 e. The fourth-order valence-corrected chi connectivity index (χ4v) is 3.71. The van der Waals surface area contributed by atoms with Gasteiger partial charge in [0.2, 0.25) is 5.91 Å². The van der Waals surface area contributed by atoms with Gasteiger partial charge in [-0.15, -0.1) is 0 Å². The van der Waals surface area contributed by atoms with Crippen LogP contribution < -0.4 is 5.32 Å². The number of aryl methyl sites for hydroxylation is 1. The number of nitrogens with zero attached hydrogens (tertiary/aromatic N) is 1. The van der Waals surface area contributed by atoms with Crippen LogP contribution >= 0.6 is 11.8 Å². The van der Waals surface area contributed by atoms with Gasteiger partial charge in [0, 0.05) is 18.7 Å². The zero-order valence-electron chi connectivity index (χ0n) is 11.7. The third-order valence-electron chi connectivity index (χ3n) is 4.21. The Balaban J connectivity index is 1.49. The van der Waals surface area contributed by atoms with Gasteiger partial charge in [-0.05, 0) is 50.2 Å². The van der Waals surface area contributed by atoms with Crippen LogP contribution in [-0.2, 0) is 4.79 Å². The molecule has 4 rings (SSSR count). The highest BCUT2D eigenvalue weighted by Gasteiger charge is 2.34. The summed E-state index contributed by atoms with van der Waals surface area (Å²) >= 11 is 1.51. The van der Waals surface area contributed by atoms with Crippen LogP contribution in [0.25, 0.3) is 0 Å². The topological polar surface area (TPSA) is 45.5 Å². The van der Waals surface area contributed by atoms with E-state index in [4.69, 9.17) is 4.42 Å². The molecule has 0 aromatic carbocycles. The zero-order chi connectivity index (χ0) is 13.9. The number of carbonyl (C=O) groups excluding carboxylic acids is 1. The van der Waals surface area contributed by atoms with Crippen LogP contribution in [0, 0.1) is 12.8 Å². The lowest BCUT2D eigenvalue weighted by Gasteiger charge is -2.44. The molecule has 0 spiro atoms. The molecule has 0 unspecified atom stereocenters. The Morgan fingerprint density at radius 2 is 2.30 bits per heavy atom. The van der Waals surface area contributed by atoms with E-state index in [0.717, 1.165) is 17.2 Å². The van der Waals surface area contributed by atoms with E-state index in [1.165, 1.54) is 37.7 Å². The number of nitrogens with one attached hydrogen (secondary N) is 1.